The number of carbonyl (C=O) groups is 1. The van der Waals surface area contributed by atoms with Crippen LogP contribution >= 0.6 is 0 Å². The molecule has 0 bridgehead atoms. The first-order valence-corrected chi connectivity index (χ1v) is 5.86. The van der Waals surface area contributed by atoms with Crippen LogP contribution in [0.15, 0.2) is 18.2 Å². The van der Waals surface area contributed by atoms with Gasteiger partial charge < -0.3 is 5.11 Å². The molecule has 0 saturated carbocycles. The highest BCUT2D eigenvalue weighted by molar-refractivity contribution is 5.71. The Labute approximate surface area is 113 Å². The van der Waals surface area contributed by atoms with E-state index in [-0.39, 0.29) is 6.54 Å². The Morgan fingerprint density at radius 1 is 1.45 bits per heavy atom. The second-order valence-electron chi connectivity index (χ2n) is 4.72. The summed E-state index contributed by atoms with van der Waals surface area (Å²) in [6.07, 6.45) is -4.57. The Morgan fingerprint density at radius 2 is 2.10 bits per heavy atom. The fourth-order valence-corrected chi connectivity index (χ4v) is 2.14. The van der Waals surface area contributed by atoms with E-state index in [1.165, 1.54) is 12.1 Å². The number of benzene rings is 1. The molecule has 0 aromatic heterocycles. The van der Waals surface area contributed by atoms with Crippen LogP contribution in [0.25, 0.3) is 0 Å². The van der Waals surface area contributed by atoms with Crippen LogP contribution in [0.2, 0.25) is 0 Å². The molecule has 20 heavy (non-hydrogen) atoms. The number of halogens is 3. The predicted octanol–water partition coefficient (Wildman–Crippen LogP) is 2.09. The van der Waals surface area contributed by atoms with Gasteiger partial charge in [-0.25, -0.2) is 0 Å². The summed E-state index contributed by atoms with van der Waals surface area (Å²) in [5.41, 5.74) is -0.943. The van der Waals surface area contributed by atoms with E-state index in [1.54, 1.807) is 4.90 Å². The van der Waals surface area contributed by atoms with E-state index in [1.807, 2.05) is 0 Å². The average molecular weight is 284 g/mol. The zero-order valence-electron chi connectivity index (χ0n) is 10.3. The SMILES string of the molecule is N#Cc1ccc(CN2CC(C(=O)O)C2)cc1C(F)(F)F. The van der Waals surface area contributed by atoms with Crippen LogP contribution in [0.5, 0.6) is 0 Å². The second kappa shape index (κ2) is 5.13. The maximum absolute atomic E-state index is 12.8. The molecule has 1 fully saturated rings. The van der Waals surface area contributed by atoms with E-state index < -0.39 is 29.2 Å². The van der Waals surface area contributed by atoms with Gasteiger partial charge in [0.25, 0.3) is 0 Å². The maximum Gasteiger partial charge on any atom is 0.417 e. The van der Waals surface area contributed by atoms with Crippen molar-refractivity contribution in [2.75, 3.05) is 13.1 Å². The molecule has 1 aliphatic rings. The van der Waals surface area contributed by atoms with Crippen LogP contribution < -0.4 is 0 Å². The third-order valence-corrected chi connectivity index (χ3v) is 3.22. The van der Waals surface area contributed by atoms with Crippen molar-refractivity contribution in [1.29, 1.82) is 5.26 Å². The van der Waals surface area contributed by atoms with E-state index in [0.717, 1.165) is 12.1 Å². The van der Waals surface area contributed by atoms with Crippen LogP contribution in [0, 0.1) is 17.2 Å². The fraction of sp³-hybridized carbons (Fsp3) is 0.385. The molecule has 0 spiro atoms. The van der Waals surface area contributed by atoms with Gasteiger partial charge in [-0.15, -0.1) is 0 Å². The van der Waals surface area contributed by atoms with E-state index in [9.17, 15) is 18.0 Å². The van der Waals surface area contributed by atoms with Crippen molar-refractivity contribution in [2.45, 2.75) is 12.7 Å². The molecular weight excluding hydrogens is 273 g/mol. The number of aliphatic carboxylic acids is 1. The Morgan fingerprint density at radius 3 is 2.60 bits per heavy atom. The van der Waals surface area contributed by atoms with Gasteiger partial charge in [-0.3, -0.25) is 9.69 Å². The lowest BCUT2D eigenvalue weighted by atomic mass is 9.98. The highest BCUT2D eigenvalue weighted by atomic mass is 19.4. The first kappa shape index (κ1) is 14.3. The second-order valence-corrected chi connectivity index (χ2v) is 4.72. The minimum absolute atomic E-state index is 0.249. The summed E-state index contributed by atoms with van der Waals surface area (Å²) in [5.74, 6) is -1.34. The molecule has 1 aliphatic heterocycles. The number of rotatable bonds is 3. The summed E-state index contributed by atoms with van der Waals surface area (Å²) in [4.78, 5) is 12.4. The number of carboxylic acid groups (broad SMARTS) is 1. The lowest BCUT2D eigenvalue weighted by Gasteiger charge is -2.36. The topological polar surface area (TPSA) is 64.3 Å². The summed E-state index contributed by atoms with van der Waals surface area (Å²) in [5, 5.41) is 17.4. The molecule has 106 valence electrons. The molecule has 0 radical (unpaired) electrons. The van der Waals surface area contributed by atoms with Crippen molar-refractivity contribution in [3.63, 3.8) is 0 Å². The number of alkyl halides is 3. The Hall–Kier alpha value is -2.07. The Bertz CT molecular complexity index is 572. The number of nitrogens with zero attached hydrogens (tertiary/aromatic N) is 2. The third kappa shape index (κ3) is 2.91. The van der Waals surface area contributed by atoms with E-state index in [4.69, 9.17) is 10.4 Å². The zero-order valence-corrected chi connectivity index (χ0v) is 10.3. The van der Waals surface area contributed by atoms with Crippen molar-refractivity contribution >= 4 is 5.97 Å². The first-order valence-electron chi connectivity index (χ1n) is 5.86. The zero-order chi connectivity index (χ0) is 14.9. The molecule has 1 N–H and O–H groups in total. The van der Waals surface area contributed by atoms with Crippen molar-refractivity contribution in [1.82, 2.24) is 4.90 Å². The molecule has 1 aromatic rings. The van der Waals surface area contributed by atoms with Crippen LogP contribution in [-0.4, -0.2) is 29.1 Å². The van der Waals surface area contributed by atoms with Crippen molar-refractivity contribution in [3.05, 3.63) is 34.9 Å². The third-order valence-electron chi connectivity index (χ3n) is 3.22. The summed E-state index contributed by atoms with van der Waals surface area (Å²) in [6.45, 7) is 0.909. The van der Waals surface area contributed by atoms with Gasteiger partial charge in [0.15, 0.2) is 0 Å². The molecule has 0 unspecified atom stereocenters. The van der Waals surface area contributed by atoms with Gasteiger partial charge >= 0.3 is 12.1 Å². The maximum atomic E-state index is 12.8. The fourth-order valence-electron chi connectivity index (χ4n) is 2.14. The van der Waals surface area contributed by atoms with Crippen LogP contribution in [-0.2, 0) is 17.5 Å². The van der Waals surface area contributed by atoms with Gasteiger partial charge in [-0.2, -0.15) is 18.4 Å². The van der Waals surface area contributed by atoms with Gasteiger partial charge in [0.2, 0.25) is 0 Å². The van der Waals surface area contributed by atoms with Crippen molar-refractivity contribution in [3.8, 4) is 6.07 Å². The van der Waals surface area contributed by atoms with Crippen LogP contribution in [0.3, 0.4) is 0 Å². The summed E-state index contributed by atoms with van der Waals surface area (Å²) < 4.78 is 38.3. The van der Waals surface area contributed by atoms with Crippen molar-refractivity contribution in [2.24, 2.45) is 5.92 Å². The highest BCUT2D eigenvalue weighted by Crippen LogP contribution is 2.33. The molecule has 2 rings (SSSR count). The molecule has 0 atom stereocenters. The van der Waals surface area contributed by atoms with Gasteiger partial charge in [-0.1, -0.05) is 6.07 Å². The van der Waals surface area contributed by atoms with Gasteiger partial charge in [-0.05, 0) is 17.7 Å². The van der Waals surface area contributed by atoms with Crippen LogP contribution in [0.1, 0.15) is 16.7 Å². The Balaban J connectivity index is 2.11. The van der Waals surface area contributed by atoms with Crippen LogP contribution in [0.4, 0.5) is 13.2 Å². The summed E-state index contributed by atoms with van der Waals surface area (Å²) >= 11 is 0. The van der Waals surface area contributed by atoms with Crippen molar-refractivity contribution < 1.29 is 23.1 Å². The lowest BCUT2D eigenvalue weighted by Crippen LogP contribution is -2.49. The first-order chi connectivity index (χ1) is 9.31. The smallest absolute Gasteiger partial charge is 0.417 e. The van der Waals surface area contributed by atoms with Gasteiger partial charge in [0.1, 0.15) is 0 Å². The molecule has 1 aromatic carbocycles. The summed E-state index contributed by atoms with van der Waals surface area (Å²) in [6, 6.07) is 5.08. The van der Waals surface area contributed by atoms with E-state index in [0.29, 0.717) is 18.7 Å². The molecule has 0 amide bonds. The Kier molecular flexibility index (Phi) is 3.68. The number of likely N-dealkylation sites (tertiary alicyclic amines) is 1. The van der Waals surface area contributed by atoms with Gasteiger partial charge in [0.05, 0.1) is 23.1 Å². The quantitative estimate of drug-likeness (QED) is 0.923. The monoisotopic (exact) mass is 284 g/mol. The number of nitriles is 1. The standard InChI is InChI=1S/C13H11F3N2O2/c14-13(15,16)11-3-8(1-2-9(11)4-17)5-18-6-10(7-18)12(19)20/h1-3,10H,5-7H2,(H,19,20). The molecule has 1 saturated heterocycles. The minimum Gasteiger partial charge on any atom is -0.481 e. The minimum atomic E-state index is -4.57. The molecular formula is C13H11F3N2O2. The lowest BCUT2D eigenvalue weighted by molar-refractivity contribution is -0.147. The molecule has 7 heteroatoms. The number of carboxylic acids is 1. The predicted molar refractivity (Wildman–Crippen MR) is 62.6 cm³/mol. The summed E-state index contributed by atoms with van der Waals surface area (Å²) in [7, 11) is 0. The molecule has 4 nitrogen and oxygen atoms in total. The van der Waals surface area contributed by atoms with E-state index >= 15 is 0 Å². The highest BCUT2D eigenvalue weighted by Gasteiger charge is 2.35. The van der Waals surface area contributed by atoms with Gasteiger partial charge in [0, 0.05) is 19.6 Å². The normalized spacial score (nSPS) is 16.5. The largest absolute Gasteiger partial charge is 0.481 e. The van der Waals surface area contributed by atoms with E-state index in [2.05, 4.69) is 0 Å². The number of hydrogen-bond donors (Lipinski definition) is 1. The molecule has 1 heterocycles. The number of hydrogen-bond acceptors (Lipinski definition) is 3. The average Bonchev–Trinajstić information content (AvgIpc) is 2.31. The molecule has 0 aliphatic carbocycles.